The second-order valence-corrected chi connectivity index (χ2v) is 4.98. The van der Waals surface area contributed by atoms with Crippen LogP contribution in [0, 0.1) is 0 Å². The Hall–Kier alpha value is -0.930. The molecule has 17 heavy (non-hydrogen) atoms. The lowest BCUT2D eigenvalue weighted by molar-refractivity contribution is 0.264. The van der Waals surface area contributed by atoms with Crippen LogP contribution in [0.3, 0.4) is 0 Å². The number of likely N-dealkylation sites (N-methyl/N-ethyl adjacent to an activating group) is 1. The molecule has 0 saturated carbocycles. The van der Waals surface area contributed by atoms with E-state index in [2.05, 4.69) is 34.4 Å². The van der Waals surface area contributed by atoms with Gasteiger partial charge in [-0.05, 0) is 38.6 Å². The van der Waals surface area contributed by atoms with Gasteiger partial charge in [-0.1, -0.05) is 12.5 Å². The molecule has 1 aliphatic heterocycles. The molecule has 94 valence electrons. The quantitative estimate of drug-likeness (QED) is 0.839. The molecule has 1 N–H and O–H groups in total. The fourth-order valence-electron chi connectivity index (χ4n) is 2.40. The van der Waals surface area contributed by atoms with Crippen LogP contribution in [-0.4, -0.2) is 42.6 Å². The summed E-state index contributed by atoms with van der Waals surface area (Å²) >= 11 is 0. The van der Waals surface area contributed by atoms with E-state index in [1.54, 1.807) is 0 Å². The maximum atomic E-state index is 4.36. The topological polar surface area (TPSA) is 28.2 Å². The number of aromatic nitrogens is 1. The van der Waals surface area contributed by atoms with Crippen LogP contribution in [0.5, 0.6) is 0 Å². The third kappa shape index (κ3) is 4.44. The fourth-order valence-corrected chi connectivity index (χ4v) is 2.40. The largest absolute Gasteiger partial charge is 0.313 e. The zero-order chi connectivity index (χ0) is 11.9. The minimum Gasteiger partial charge on any atom is -0.313 e. The van der Waals surface area contributed by atoms with E-state index in [0.717, 1.165) is 19.5 Å². The normalized spacial score (nSPS) is 20.7. The zero-order valence-electron chi connectivity index (χ0n) is 10.7. The first-order valence-electron chi connectivity index (χ1n) is 6.66. The SMILES string of the molecule is CN(CCc1ccccn1)C[C@H]1CCCCN1. The Morgan fingerprint density at radius 2 is 2.35 bits per heavy atom. The van der Waals surface area contributed by atoms with Crippen molar-refractivity contribution < 1.29 is 0 Å². The summed E-state index contributed by atoms with van der Waals surface area (Å²) in [4.78, 5) is 6.77. The molecule has 3 heteroatoms. The summed E-state index contributed by atoms with van der Waals surface area (Å²) in [6.45, 7) is 3.45. The summed E-state index contributed by atoms with van der Waals surface area (Å²) in [5.74, 6) is 0. The molecule has 0 radical (unpaired) electrons. The molecular formula is C14H23N3. The Morgan fingerprint density at radius 3 is 3.06 bits per heavy atom. The highest BCUT2D eigenvalue weighted by Crippen LogP contribution is 2.08. The first-order valence-corrected chi connectivity index (χ1v) is 6.66. The van der Waals surface area contributed by atoms with Gasteiger partial charge in [0, 0.05) is 37.4 Å². The number of rotatable bonds is 5. The summed E-state index contributed by atoms with van der Waals surface area (Å²) in [5.41, 5.74) is 1.19. The average Bonchev–Trinajstić information content (AvgIpc) is 2.39. The fraction of sp³-hybridized carbons (Fsp3) is 0.643. The Morgan fingerprint density at radius 1 is 1.41 bits per heavy atom. The molecule has 0 spiro atoms. The number of hydrogen-bond donors (Lipinski definition) is 1. The van der Waals surface area contributed by atoms with E-state index in [9.17, 15) is 0 Å². The average molecular weight is 233 g/mol. The van der Waals surface area contributed by atoms with E-state index in [4.69, 9.17) is 0 Å². The smallest absolute Gasteiger partial charge is 0.0416 e. The van der Waals surface area contributed by atoms with Gasteiger partial charge >= 0.3 is 0 Å². The molecule has 0 aliphatic carbocycles. The standard InChI is InChI=1S/C14H23N3/c1-17(12-14-7-3-5-10-16-14)11-8-13-6-2-4-9-15-13/h2,4,6,9,14,16H,3,5,7-8,10-12H2,1H3/t14-/m1/s1. The van der Waals surface area contributed by atoms with E-state index >= 15 is 0 Å². The second-order valence-electron chi connectivity index (χ2n) is 4.98. The molecular weight excluding hydrogens is 210 g/mol. The van der Waals surface area contributed by atoms with Gasteiger partial charge in [0.1, 0.15) is 0 Å². The predicted molar refractivity (Wildman–Crippen MR) is 71.1 cm³/mol. The van der Waals surface area contributed by atoms with Crippen LogP contribution < -0.4 is 5.32 Å². The molecule has 2 rings (SSSR count). The van der Waals surface area contributed by atoms with Gasteiger partial charge in [0.25, 0.3) is 0 Å². The lowest BCUT2D eigenvalue weighted by Gasteiger charge is -2.28. The van der Waals surface area contributed by atoms with E-state index < -0.39 is 0 Å². The van der Waals surface area contributed by atoms with Gasteiger partial charge in [0.15, 0.2) is 0 Å². The van der Waals surface area contributed by atoms with Crippen LogP contribution in [0.4, 0.5) is 0 Å². The van der Waals surface area contributed by atoms with Crippen molar-refractivity contribution in [3.63, 3.8) is 0 Å². The van der Waals surface area contributed by atoms with Gasteiger partial charge < -0.3 is 10.2 Å². The number of hydrogen-bond acceptors (Lipinski definition) is 3. The van der Waals surface area contributed by atoms with Crippen molar-refractivity contribution in [1.29, 1.82) is 0 Å². The summed E-state index contributed by atoms with van der Waals surface area (Å²) in [6.07, 6.45) is 6.97. The van der Waals surface area contributed by atoms with E-state index in [0.29, 0.717) is 6.04 Å². The number of piperidine rings is 1. The monoisotopic (exact) mass is 233 g/mol. The summed E-state index contributed by atoms with van der Waals surface area (Å²) in [7, 11) is 2.21. The highest BCUT2D eigenvalue weighted by Gasteiger charge is 2.14. The van der Waals surface area contributed by atoms with Crippen LogP contribution in [0.25, 0.3) is 0 Å². The Labute approximate surface area is 104 Å². The van der Waals surface area contributed by atoms with Gasteiger partial charge in [0.05, 0.1) is 0 Å². The minimum absolute atomic E-state index is 0.692. The van der Waals surface area contributed by atoms with Crippen molar-refractivity contribution in [1.82, 2.24) is 15.2 Å². The molecule has 1 aromatic rings. The van der Waals surface area contributed by atoms with Crippen LogP contribution in [0.15, 0.2) is 24.4 Å². The van der Waals surface area contributed by atoms with Crippen LogP contribution in [-0.2, 0) is 6.42 Å². The first-order chi connectivity index (χ1) is 8.34. The number of nitrogens with one attached hydrogen (secondary N) is 1. The van der Waals surface area contributed by atoms with Crippen molar-refractivity contribution in [3.8, 4) is 0 Å². The Kier molecular flexibility index (Phi) is 4.95. The van der Waals surface area contributed by atoms with Crippen molar-refractivity contribution in [2.75, 3.05) is 26.7 Å². The summed E-state index contributed by atoms with van der Waals surface area (Å²) in [6, 6.07) is 6.83. The number of nitrogens with zero attached hydrogens (tertiary/aromatic N) is 2. The van der Waals surface area contributed by atoms with Gasteiger partial charge in [0.2, 0.25) is 0 Å². The molecule has 0 bridgehead atoms. The Balaban J connectivity index is 1.68. The summed E-state index contributed by atoms with van der Waals surface area (Å²) < 4.78 is 0. The maximum Gasteiger partial charge on any atom is 0.0416 e. The lowest BCUT2D eigenvalue weighted by atomic mass is 10.0. The van der Waals surface area contributed by atoms with Gasteiger partial charge in [-0.15, -0.1) is 0 Å². The van der Waals surface area contributed by atoms with Crippen LogP contribution >= 0.6 is 0 Å². The van der Waals surface area contributed by atoms with Gasteiger partial charge in [-0.3, -0.25) is 4.98 Å². The van der Waals surface area contributed by atoms with Crippen LogP contribution in [0.1, 0.15) is 25.0 Å². The second kappa shape index (κ2) is 6.72. The molecule has 1 fully saturated rings. The van der Waals surface area contributed by atoms with Crippen molar-refractivity contribution in [2.24, 2.45) is 0 Å². The molecule has 2 heterocycles. The molecule has 0 aromatic carbocycles. The van der Waals surface area contributed by atoms with Gasteiger partial charge in [-0.2, -0.15) is 0 Å². The molecule has 3 nitrogen and oxygen atoms in total. The van der Waals surface area contributed by atoms with E-state index in [1.165, 1.54) is 31.5 Å². The molecule has 0 amide bonds. The van der Waals surface area contributed by atoms with E-state index in [-0.39, 0.29) is 0 Å². The van der Waals surface area contributed by atoms with Crippen molar-refractivity contribution in [2.45, 2.75) is 31.7 Å². The molecule has 0 unspecified atom stereocenters. The molecule has 1 aliphatic rings. The molecule has 1 atom stereocenters. The van der Waals surface area contributed by atoms with Crippen molar-refractivity contribution >= 4 is 0 Å². The third-order valence-electron chi connectivity index (χ3n) is 3.42. The van der Waals surface area contributed by atoms with Crippen molar-refractivity contribution in [3.05, 3.63) is 30.1 Å². The lowest BCUT2D eigenvalue weighted by Crippen LogP contribution is -2.42. The first kappa shape index (κ1) is 12.5. The Bertz CT molecular complexity index is 307. The summed E-state index contributed by atoms with van der Waals surface area (Å²) in [5, 5.41) is 3.59. The molecule has 1 saturated heterocycles. The van der Waals surface area contributed by atoms with E-state index in [1.807, 2.05) is 12.3 Å². The zero-order valence-corrected chi connectivity index (χ0v) is 10.7. The number of pyridine rings is 1. The van der Waals surface area contributed by atoms with Gasteiger partial charge in [-0.25, -0.2) is 0 Å². The molecule has 1 aromatic heterocycles. The third-order valence-corrected chi connectivity index (χ3v) is 3.42. The maximum absolute atomic E-state index is 4.36. The predicted octanol–water partition coefficient (Wildman–Crippen LogP) is 1.70. The van der Waals surface area contributed by atoms with Crippen LogP contribution in [0.2, 0.25) is 0 Å². The highest BCUT2D eigenvalue weighted by molar-refractivity contribution is 5.03. The highest BCUT2D eigenvalue weighted by atomic mass is 15.1. The minimum atomic E-state index is 0.692.